The van der Waals surface area contributed by atoms with Crippen molar-refractivity contribution in [3.63, 3.8) is 0 Å². The third kappa shape index (κ3) is 4.80. The van der Waals surface area contributed by atoms with Crippen molar-refractivity contribution in [3.05, 3.63) is 51.3 Å². The van der Waals surface area contributed by atoms with Crippen LogP contribution in [0, 0.1) is 18.3 Å². The van der Waals surface area contributed by atoms with Gasteiger partial charge < -0.3 is 14.6 Å². The topological polar surface area (TPSA) is 96.8 Å². The van der Waals surface area contributed by atoms with Crippen molar-refractivity contribution >= 4 is 11.9 Å². The van der Waals surface area contributed by atoms with Crippen LogP contribution in [0.3, 0.4) is 0 Å². The van der Waals surface area contributed by atoms with E-state index in [1.807, 2.05) is 6.07 Å². The lowest BCUT2D eigenvalue weighted by atomic mass is 10.1. The monoisotopic (exact) mass is 421 g/mol. The summed E-state index contributed by atoms with van der Waals surface area (Å²) in [4.78, 5) is 16.7. The van der Waals surface area contributed by atoms with Crippen LogP contribution in [0.4, 0.5) is 18.9 Å². The van der Waals surface area contributed by atoms with Crippen LogP contribution < -0.4 is 10.3 Å². The normalized spacial score (nSPS) is 16.7. The van der Waals surface area contributed by atoms with Gasteiger partial charge in [0.1, 0.15) is 17.4 Å². The zero-order valence-corrected chi connectivity index (χ0v) is 15.9. The zero-order valence-electron chi connectivity index (χ0n) is 15.9. The van der Waals surface area contributed by atoms with Crippen LogP contribution in [0.25, 0.3) is 0 Å². The Balaban J connectivity index is 1.93. The molecular weight excluding hydrogens is 403 g/mol. The minimum atomic E-state index is -4.79. The summed E-state index contributed by atoms with van der Waals surface area (Å²) in [6.07, 6.45) is -2.19. The van der Waals surface area contributed by atoms with E-state index in [2.05, 4.69) is 9.73 Å². The Morgan fingerprint density at radius 2 is 2.10 bits per heavy atom. The summed E-state index contributed by atoms with van der Waals surface area (Å²) in [6, 6.07) is 6.67. The lowest BCUT2D eigenvalue weighted by Gasteiger charge is -2.17. The van der Waals surface area contributed by atoms with E-state index in [4.69, 9.17) is 4.74 Å². The Hall–Kier alpha value is -3.32. The average Bonchev–Trinajstić information content (AvgIpc) is 3.19. The molecule has 1 N–H and O–H groups in total. The molecule has 0 spiro atoms. The first-order chi connectivity index (χ1) is 14.2. The molecule has 0 aliphatic carbocycles. The molecule has 0 bridgehead atoms. The van der Waals surface area contributed by atoms with E-state index in [-0.39, 0.29) is 35.2 Å². The van der Waals surface area contributed by atoms with E-state index in [1.54, 1.807) is 0 Å². The predicted octanol–water partition coefficient (Wildman–Crippen LogP) is 3.56. The van der Waals surface area contributed by atoms with Crippen LogP contribution in [0.15, 0.2) is 34.1 Å². The lowest BCUT2D eigenvalue weighted by Crippen LogP contribution is -2.29. The number of pyridine rings is 1. The van der Waals surface area contributed by atoms with Crippen molar-refractivity contribution < 1.29 is 27.8 Å². The Morgan fingerprint density at radius 3 is 2.67 bits per heavy atom. The summed E-state index contributed by atoms with van der Waals surface area (Å²) < 4.78 is 47.1. The van der Waals surface area contributed by atoms with Crippen LogP contribution in [0.5, 0.6) is 11.6 Å². The third-order valence-electron chi connectivity index (χ3n) is 4.67. The first-order valence-corrected chi connectivity index (χ1v) is 9.07. The van der Waals surface area contributed by atoms with Gasteiger partial charge in [0.25, 0.3) is 5.56 Å². The molecule has 30 heavy (non-hydrogen) atoms. The van der Waals surface area contributed by atoms with Crippen LogP contribution >= 0.6 is 0 Å². The second-order valence-corrected chi connectivity index (χ2v) is 6.70. The summed E-state index contributed by atoms with van der Waals surface area (Å²) >= 11 is 0. The van der Waals surface area contributed by atoms with E-state index in [0.717, 1.165) is 29.5 Å². The van der Waals surface area contributed by atoms with Gasteiger partial charge in [-0.1, -0.05) is 0 Å². The number of rotatable bonds is 5. The zero-order chi connectivity index (χ0) is 21.9. The maximum Gasteiger partial charge on any atom is 0.573 e. The van der Waals surface area contributed by atoms with Gasteiger partial charge in [0, 0.05) is 12.8 Å². The van der Waals surface area contributed by atoms with Crippen LogP contribution in [0.1, 0.15) is 29.5 Å². The number of aromatic hydroxyl groups is 1. The molecule has 158 valence electrons. The number of aliphatic imine (C=N–C) groups is 1. The maximum absolute atomic E-state index is 12.6. The van der Waals surface area contributed by atoms with Gasteiger partial charge in [-0.15, -0.1) is 13.2 Å². The highest BCUT2D eigenvalue weighted by molar-refractivity contribution is 5.87. The second-order valence-electron chi connectivity index (χ2n) is 6.70. The molecule has 1 atom stereocenters. The summed E-state index contributed by atoms with van der Waals surface area (Å²) in [5, 5.41) is 20.0. The Kier molecular flexibility index (Phi) is 6.12. The minimum Gasteiger partial charge on any atom is -0.494 e. The van der Waals surface area contributed by atoms with Crippen LogP contribution in [-0.2, 0) is 11.3 Å². The Labute approximate surface area is 169 Å². The molecule has 2 heterocycles. The largest absolute Gasteiger partial charge is 0.573 e. The highest BCUT2D eigenvalue weighted by atomic mass is 19.4. The number of hydrogen-bond donors (Lipinski definition) is 1. The smallest absolute Gasteiger partial charge is 0.494 e. The molecule has 1 saturated heterocycles. The maximum atomic E-state index is 12.6. The number of ether oxygens (including phenoxy) is 2. The number of aromatic nitrogens is 1. The van der Waals surface area contributed by atoms with Crippen LogP contribution in [-0.4, -0.2) is 35.0 Å². The summed E-state index contributed by atoms with van der Waals surface area (Å²) in [6.45, 7) is 2.18. The molecule has 7 nitrogen and oxygen atoms in total. The minimum absolute atomic E-state index is 0.101. The fraction of sp³-hybridized carbons (Fsp3) is 0.350. The van der Waals surface area contributed by atoms with E-state index in [9.17, 15) is 28.3 Å². The molecule has 1 aromatic carbocycles. The fourth-order valence-corrected chi connectivity index (χ4v) is 3.16. The predicted molar refractivity (Wildman–Crippen MR) is 101 cm³/mol. The molecule has 0 radical (unpaired) electrons. The highest BCUT2D eigenvalue weighted by Crippen LogP contribution is 2.26. The van der Waals surface area contributed by atoms with E-state index in [1.165, 1.54) is 25.3 Å². The number of benzene rings is 1. The van der Waals surface area contributed by atoms with Crippen molar-refractivity contribution in [1.29, 1.82) is 5.26 Å². The number of hydrogen-bond acceptors (Lipinski definition) is 6. The molecule has 0 amide bonds. The summed E-state index contributed by atoms with van der Waals surface area (Å²) in [5.41, 5.74) is -0.0298. The van der Waals surface area contributed by atoms with Gasteiger partial charge in [-0.3, -0.25) is 14.4 Å². The molecular formula is C20H18F3N3O4. The molecule has 1 fully saturated rings. The molecule has 1 aliphatic heterocycles. The van der Waals surface area contributed by atoms with E-state index < -0.39 is 17.7 Å². The molecule has 10 heteroatoms. The Bertz CT molecular complexity index is 1050. The lowest BCUT2D eigenvalue weighted by molar-refractivity contribution is -0.274. The van der Waals surface area contributed by atoms with Gasteiger partial charge in [-0.05, 0) is 49.6 Å². The molecule has 2 aromatic rings. The van der Waals surface area contributed by atoms with Crippen molar-refractivity contribution in [2.75, 3.05) is 6.61 Å². The van der Waals surface area contributed by atoms with Gasteiger partial charge in [-0.2, -0.15) is 5.26 Å². The summed E-state index contributed by atoms with van der Waals surface area (Å²) in [5.74, 6) is -0.745. The van der Waals surface area contributed by atoms with Crippen LogP contribution in [0.2, 0.25) is 0 Å². The van der Waals surface area contributed by atoms with Gasteiger partial charge in [0.2, 0.25) is 5.88 Å². The Morgan fingerprint density at radius 1 is 1.40 bits per heavy atom. The van der Waals surface area contributed by atoms with Gasteiger partial charge in [-0.25, -0.2) is 0 Å². The first kappa shape index (κ1) is 21.4. The van der Waals surface area contributed by atoms with Gasteiger partial charge in [0.05, 0.1) is 23.9 Å². The van der Waals surface area contributed by atoms with Crippen molar-refractivity contribution in [3.8, 4) is 17.7 Å². The average molecular weight is 421 g/mol. The fourth-order valence-electron chi connectivity index (χ4n) is 3.16. The number of nitrogens with zero attached hydrogens (tertiary/aromatic N) is 3. The molecule has 1 aromatic heterocycles. The van der Waals surface area contributed by atoms with Crippen molar-refractivity contribution in [2.24, 2.45) is 4.99 Å². The quantitative estimate of drug-likeness (QED) is 0.745. The van der Waals surface area contributed by atoms with Gasteiger partial charge >= 0.3 is 6.36 Å². The molecule has 1 unspecified atom stereocenters. The summed E-state index contributed by atoms with van der Waals surface area (Å²) in [7, 11) is 0. The number of alkyl halides is 3. The highest BCUT2D eigenvalue weighted by Gasteiger charge is 2.31. The number of halogens is 3. The second kappa shape index (κ2) is 8.59. The van der Waals surface area contributed by atoms with Crippen molar-refractivity contribution in [1.82, 2.24) is 4.57 Å². The van der Waals surface area contributed by atoms with E-state index in [0.29, 0.717) is 12.3 Å². The molecule has 0 saturated carbocycles. The van der Waals surface area contributed by atoms with Crippen molar-refractivity contribution in [2.45, 2.75) is 38.8 Å². The van der Waals surface area contributed by atoms with Gasteiger partial charge in [0.15, 0.2) is 0 Å². The standard InChI is InChI=1S/C20H18F3N3O4/c1-12-16(9-24)18(27)26(11-15-3-2-8-29-15)19(28)17(12)10-25-13-4-6-14(7-5-13)30-20(21,22)23/h4-7,10,15,28H,2-3,8,11H2,1H3. The molecule has 3 rings (SSSR count). The SMILES string of the molecule is Cc1c(C=Nc2ccc(OC(F)(F)F)cc2)c(O)n(CC2CCCO2)c(=O)c1C#N. The first-order valence-electron chi connectivity index (χ1n) is 9.07. The van der Waals surface area contributed by atoms with E-state index >= 15 is 0 Å². The number of nitriles is 1. The third-order valence-corrected chi connectivity index (χ3v) is 4.67. The molecule has 1 aliphatic rings.